The van der Waals surface area contributed by atoms with E-state index in [0.29, 0.717) is 6.16 Å². The van der Waals surface area contributed by atoms with Crippen LogP contribution in [0.15, 0.2) is 0 Å². The fourth-order valence-electron chi connectivity index (χ4n) is 3.53. The molecule has 0 aliphatic carbocycles. The molecule has 0 aliphatic heterocycles. The molecule has 1 N–H and O–H groups in total. The summed E-state index contributed by atoms with van der Waals surface area (Å²) in [7, 11) is -2.21. The molecular formula is C22H47O2P. The Morgan fingerprint density at radius 1 is 0.480 bits per heavy atom. The summed E-state index contributed by atoms with van der Waals surface area (Å²) < 4.78 is 10.6. The van der Waals surface area contributed by atoms with Crippen LogP contribution in [-0.2, 0) is 4.57 Å². The zero-order valence-corrected chi connectivity index (χ0v) is 18.2. The van der Waals surface area contributed by atoms with Gasteiger partial charge < -0.3 is 4.89 Å². The zero-order valence-electron chi connectivity index (χ0n) is 17.2. The first-order valence-electron chi connectivity index (χ1n) is 11.5. The van der Waals surface area contributed by atoms with Gasteiger partial charge in [-0.1, -0.05) is 129 Å². The summed E-state index contributed by atoms with van der Waals surface area (Å²) >= 11 is 0. The lowest BCUT2D eigenvalue weighted by Crippen LogP contribution is -1.84. The Kier molecular flexibility index (Phi) is 22.4. The highest BCUT2D eigenvalue weighted by molar-refractivity contribution is 7.37. The second kappa shape index (κ2) is 22.2. The monoisotopic (exact) mass is 374 g/mol. The molecule has 1 unspecified atom stereocenters. The Bertz CT molecular complexity index is 269. The van der Waals surface area contributed by atoms with Crippen molar-refractivity contribution in [3.05, 3.63) is 0 Å². The van der Waals surface area contributed by atoms with Crippen molar-refractivity contribution < 1.29 is 9.46 Å². The van der Waals surface area contributed by atoms with Crippen LogP contribution in [0.4, 0.5) is 0 Å². The van der Waals surface area contributed by atoms with Gasteiger partial charge in [-0.25, -0.2) is 0 Å². The number of hydrogen-bond acceptors (Lipinski definition) is 1. The Hall–Kier alpha value is 0.190. The number of rotatable bonds is 21. The van der Waals surface area contributed by atoms with Crippen LogP contribution in [-0.4, -0.2) is 11.1 Å². The van der Waals surface area contributed by atoms with E-state index in [1.165, 1.54) is 116 Å². The molecular weight excluding hydrogens is 327 g/mol. The molecule has 0 heterocycles. The maximum atomic E-state index is 10.6. The lowest BCUT2D eigenvalue weighted by molar-refractivity contribution is 0.497. The Morgan fingerprint density at radius 3 is 0.960 bits per heavy atom. The first-order valence-corrected chi connectivity index (χ1v) is 13.1. The van der Waals surface area contributed by atoms with Crippen molar-refractivity contribution in [2.45, 2.75) is 135 Å². The molecule has 0 radical (unpaired) electrons. The SMILES string of the molecule is CCCCCCCCCCCCCCCCCCCCCC[PH](=O)O. The summed E-state index contributed by atoms with van der Waals surface area (Å²) in [4.78, 5) is 8.75. The van der Waals surface area contributed by atoms with E-state index in [2.05, 4.69) is 6.92 Å². The van der Waals surface area contributed by atoms with E-state index < -0.39 is 8.03 Å². The quantitative estimate of drug-likeness (QED) is 0.162. The van der Waals surface area contributed by atoms with Gasteiger partial charge in [-0.15, -0.1) is 0 Å². The Balaban J connectivity index is 2.97. The molecule has 0 aliphatic rings. The van der Waals surface area contributed by atoms with Gasteiger partial charge in [0.25, 0.3) is 0 Å². The highest BCUT2D eigenvalue weighted by atomic mass is 31.1. The molecule has 25 heavy (non-hydrogen) atoms. The standard InChI is InChI=1S/C22H47O2P/c1-2-3-4-5-6-7-8-9-10-11-12-13-14-15-16-17-18-19-20-21-22-25(23)24/h25H,2-22H2,1H3,(H,23,24). The molecule has 0 rings (SSSR count). The molecule has 0 aromatic rings. The first-order chi connectivity index (χ1) is 12.3. The van der Waals surface area contributed by atoms with Crippen molar-refractivity contribution in [1.29, 1.82) is 0 Å². The van der Waals surface area contributed by atoms with Gasteiger partial charge in [0.2, 0.25) is 0 Å². The molecule has 2 nitrogen and oxygen atoms in total. The molecule has 3 heteroatoms. The van der Waals surface area contributed by atoms with Crippen LogP contribution in [0.1, 0.15) is 135 Å². The van der Waals surface area contributed by atoms with E-state index in [9.17, 15) is 4.57 Å². The molecule has 0 aromatic heterocycles. The molecule has 0 saturated carbocycles. The van der Waals surface area contributed by atoms with Gasteiger partial charge in [-0.05, 0) is 6.42 Å². The number of hydrogen-bond donors (Lipinski definition) is 1. The van der Waals surface area contributed by atoms with E-state index in [0.717, 1.165) is 12.8 Å². The third-order valence-corrected chi connectivity index (χ3v) is 6.03. The van der Waals surface area contributed by atoms with E-state index in [1.807, 2.05) is 0 Å². The Morgan fingerprint density at radius 2 is 0.720 bits per heavy atom. The van der Waals surface area contributed by atoms with Crippen LogP contribution < -0.4 is 0 Å². The minimum Gasteiger partial charge on any atom is -0.346 e. The van der Waals surface area contributed by atoms with Gasteiger partial charge in [0.15, 0.2) is 8.03 Å². The van der Waals surface area contributed by atoms with Crippen molar-refractivity contribution in [2.24, 2.45) is 0 Å². The van der Waals surface area contributed by atoms with Crippen molar-refractivity contribution in [3.8, 4) is 0 Å². The summed E-state index contributed by atoms with van der Waals surface area (Å²) in [6.07, 6.45) is 28.0. The lowest BCUT2D eigenvalue weighted by Gasteiger charge is -2.04. The van der Waals surface area contributed by atoms with Crippen molar-refractivity contribution in [2.75, 3.05) is 6.16 Å². The molecule has 1 atom stereocenters. The van der Waals surface area contributed by atoms with E-state index in [-0.39, 0.29) is 0 Å². The average molecular weight is 375 g/mol. The smallest absolute Gasteiger partial charge is 0.189 e. The predicted molar refractivity (Wildman–Crippen MR) is 114 cm³/mol. The third-order valence-electron chi connectivity index (χ3n) is 5.24. The van der Waals surface area contributed by atoms with E-state index in [4.69, 9.17) is 4.89 Å². The fourth-order valence-corrected chi connectivity index (χ4v) is 4.08. The van der Waals surface area contributed by atoms with Crippen LogP contribution in [0, 0.1) is 0 Å². The number of unbranched alkanes of at least 4 members (excludes halogenated alkanes) is 19. The van der Waals surface area contributed by atoms with Crippen molar-refractivity contribution in [3.63, 3.8) is 0 Å². The maximum Gasteiger partial charge on any atom is 0.189 e. The summed E-state index contributed by atoms with van der Waals surface area (Å²) in [5.41, 5.74) is 0. The second-order valence-corrected chi connectivity index (χ2v) is 9.15. The van der Waals surface area contributed by atoms with Crippen LogP contribution in [0.2, 0.25) is 0 Å². The summed E-state index contributed by atoms with van der Waals surface area (Å²) in [6, 6.07) is 0. The summed E-state index contributed by atoms with van der Waals surface area (Å²) in [5.74, 6) is 0. The molecule has 152 valence electrons. The highest BCUT2D eigenvalue weighted by Gasteiger charge is 1.96. The van der Waals surface area contributed by atoms with Gasteiger partial charge in [0.1, 0.15) is 0 Å². The molecule has 0 aromatic carbocycles. The van der Waals surface area contributed by atoms with Crippen LogP contribution in [0.3, 0.4) is 0 Å². The second-order valence-electron chi connectivity index (χ2n) is 7.86. The molecule has 0 amide bonds. The molecule has 0 spiro atoms. The maximum absolute atomic E-state index is 10.6. The Labute approximate surface area is 159 Å². The van der Waals surface area contributed by atoms with Gasteiger partial charge in [0.05, 0.1) is 0 Å². The van der Waals surface area contributed by atoms with Crippen LogP contribution in [0.25, 0.3) is 0 Å². The van der Waals surface area contributed by atoms with Gasteiger partial charge in [-0.3, -0.25) is 4.57 Å². The molecule has 0 fully saturated rings. The lowest BCUT2D eigenvalue weighted by atomic mass is 10.0. The van der Waals surface area contributed by atoms with E-state index in [1.54, 1.807) is 0 Å². The summed E-state index contributed by atoms with van der Waals surface area (Å²) in [5, 5.41) is 0. The molecule has 0 bridgehead atoms. The van der Waals surface area contributed by atoms with Crippen molar-refractivity contribution in [1.82, 2.24) is 0 Å². The predicted octanol–water partition coefficient (Wildman–Crippen LogP) is 8.28. The zero-order chi connectivity index (χ0) is 18.4. The van der Waals surface area contributed by atoms with Gasteiger partial charge >= 0.3 is 0 Å². The average Bonchev–Trinajstić information content (AvgIpc) is 2.60. The summed E-state index contributed by atoms with van der Waals surface area (Å²) in [6.45, 7) is 2.29. The fraction of sp³-hybridized carbons (Fsp3) is 1.00. The van der Waals surface area contributed by atoms with Crippen LogP contribution in [0.5, 0.6) is 0 Å². The topological polar surface area (TPSA) is 37.3 Å². The van der Waals surface area contributed by atoms with Gasteiger partial charge in [-0.2, -0.15) is 0 Å². The third kappa shape index (κ3) is 24.2. The molecule has 0 saturated heterocycles. The van der Waals surface area contributed by atoms with Crippen LogP contribution >= 0.6 is 8.03 Å². The normalized spacial score (nSPS) is 12.6. The van der Waals surface area contributed by atoms with E-state index >= 15 is 0 Å². The first kappa shape index (κ1) is 25.2. The minimum atomic E-state index is -2.21. The largest absolute Gasteiger partial charge is 0.346 e. The van der Waals surface area contributed by atoms with Gasteiger partial charge in [0, 0.05) is 6.16 Å². The highest BCUT2D eigenvalue weighted by Crippen LogP contribution is 2.17. The minimum absolute atomic E-state index is 0.531. The van der Waals surface area contributed by atoms with Crippen molar-refractivity contribution >= 4 is 8.03 Å².